The molecule has 0 saturated heterocycles. The number of dihydropyridines is 1. The number of pyridine rings is 1. The molecule has 0 fully saturated rings. The van der Waals surface area contributed by atoms with E-state index in [0.717, 1.165) is 22.3 Å². The lowest BCUT2D eigenvalue weighted by Crippen LogP contribution is -2.55. The number of aliphatic hydroxyl groups is 2. The van der Waals surface area contributed by atoms with Gasteiger partial charge in [-0.15, -0.1) is 0 Å². The number of nitrogens with one attached hydrogen (secondary N) is 9. The normalized spacial score (nSPS) is 19.4. The van der Waals surface area contributed by atoms with Gasteiger partial charge in [-0.05, 0) is 104 Å². The van der Waals surface area contributed by atoms with Crippen LogP contribution in [0.25, 0.3) is 5.70 Å². The second-order valence-electron chi connectivity index (χ2n) is 19.0. The molecule has 2 aliphatic heterocycles. The summed E-state index contributed by atoms with van der Waals surface area (Å²) < 4.78 is 25.9. The van der Waals surface area contributed by atoms with Crippen LogP contribution in [0.3, 0.4) is 0 Å². The highest BCUT2D eigenvalue weighted by atomic mass is 19.1. The highest BCUT2D eigenvalue weighted by molar-refractivity contribution is 5.90. The van der Waals surface area contributed by atoms with Gasteiger partial charge in [0.15, 0.2) is 6.10 Å². The number of hydrogen-bond donors (Lipinski definition) is 13. The predicted molar refractivity (Wildman–Crippen MR) is 273 cm³/mol. The van der Waals surface area contributed by atoms with Crippen molar-refractivity contribution in [1.82, 2.24) is 47.5 Å². The molecule has 5 amide bonds. The molecule has 24 heteroatoms. The van der Waals surface area contributed by atoms with Crippen molar-refractivity contribution < 1.29 is 62.7 Å². The Labute approximate surface area is 438 Å². The summed E-state index contributed by atoms with van der Waals surface area (Å²) in [6.07, 6.45) is 0.132. The fourth-order valence-electron chi connectivity index (χ4n) is 9.63. The number of rotatable bonds is 28. The number of fused-ring (bicyclic) bond motifs is 1. The number of carbonyl (C=O) groups excluding carboxylic acids is 6. The van der Waals surface area contributed by atoms with Gasteiger partial charge in [0, 0.05) is 32.1 Å². The van der Waals surface area contributed by atoms with Crippen LogP contribution in [0.1, 0.15) is 100 Å². The number of aromatic amines is 1. The van der Waals surface area contributed by atoms with Crippen molar-refractivity contribution in [3.8, 4) is 0 Å². The van der Waals surface area contributed by atoms with Gasteiger partial charge in [0.1, 0.15) is 30.9 Å². The van der Waals surface area contributed by atoms with Gasteiger partial charge in [0.2, 0.25) is 29.5 Å². The van der Waals surface area contributed by atoms with Crippen LogP contribution >= 0.6 is 0 Å². The molecule has 0 spiro atoms. The summed E-state index contributed by atoms with van der Waals surface area (Å²) in [5.74, 6) is -5.15. The molecule has 2 aromatic rings. The quantitative estimate of drug-likeness (QED) is 0.0293. The van der Waals surface area contributed by atoms with Gasteiger partial charge in [-0.2, -0.15) is 0 Å². The van der Waals surface area contributed by atoms with E-state index >= 15 is 4.39 Å². The van der Waals surface area contributed by atoms with Crippen LogP contribution in [-0.4, -0.2) is 138 Å². The summed E-state index contributed by atoms with van der Waals surface area (Å²) in [7, 11) is 1.34. The third-order valence-corrected chi connectivity index (χ3v) is 13.5. The molecular weight excluding hydrogens is 992 g/mol. The van der Waals surface area contributed by atoms with E-state index in [2.05, 4.69) is 47.5 Å². The van der Waals surface area contributed by atoms with Crippen LogP contribution in [0.15, 0.2) is 81.0 Å². The molecule has 4 aliphatic rings. The van der Waals surface area contributed by atoms with E-state index in [9.17, 15) is 53.7 Å². The average Bonchev–Trinajstić information content (AvgIpc) is 3.45. The van der Waals surface area contributed by atoms with Crippen molar-refractivity contribution in [3.63, 3.8) is 0 Å². The second-order valence-corrected chi connectivity index (χ2v) is 19.0. The van der Waals surface area contributed by atoms with Gasteiger partial charge >= 0.3 is 11.9 Å². The Hall–Kier alpha value is -7.09. The molecule has 0 bridgehead atoms. The number of amides is 5. The van der Waals surface area contributed by atoms with Gasteiger partial charge < -0.3 is 67.4 Å². The molecule has 6 rings (SSSR count). The number of unbranched alkanes of at least 4 members (excludes halogenated alkanes) is 2. The largest absolute Gasteiger partial charge is 0.481 e. The Morgan fingerprint density at radius 3 is 2.36 bits per heavy atom. The number of esters is 1. The Bertz CT molecular complexity index is 2690. The number of aliphatic carboxylic acids is 1. The first-order chi connectivity index (χ1) is 36.4. The van der Waals surface area contributed by atoms with Crippen LogP contribution < -0.4 is 53.8 Å². The molecule has 1 aromatic carbocycles. The Morgan fingerprint density at radius 2 is 1.63 bits per heavy atom. The highest BCUT2D eigenvalue weighted by Crippen LogP contribution is 2.46. The Morgan fingerprint density at radius 1 is 0.895 bits per heavy atom. The topological polar surface area (TPSA) is 354 Å². The summed E-state index contributed by atoms with van der Waals surface area (Å²) in [4.78, 5) is 105. The smallest absolute Gasteiger partial charge is 0.340 e. The third kappa shape index (κ3) is 15.5. The fraction of sp³-hybridized carbons (Fsp3) is 0.500. The number of carboxylic acid groups (broad SMARTS) is 1. The summed E-state index contributed by atoms with van der Waals surface area (Å²) in [6, 6.07) is 7.10. The number of carbonyl (C=O) groups is 7. The summed E-state index contributed by atoms with van der Waals surface area (Å²) >= 11 is 0. The number of H-pyrrole nitrogens is 1. The molecule has 23 nitrogen and oxygen atoms in total. The number of nitrogens with two attached hydrogens (primary N) is 1. The zero-order valence-corrected chi connectivity index (χ0v) is 42.8. The maximum absolute atomic E-state index is 15.4. The number of cyclic esters (lactones) is 1. The van der Waals surface area contributed by atoms with E-state index in [4.69, 9.17) is 15.2 Å². The predicted octanol–water partition coefficient (Wildman–Crippen LogP) is -0.385. The maximum atomic E-state index is 15.4. The number of aliphatic hydroxyl groups excluding tert-OH is 2. The molecule has 2 aliphatic carbocycles. The summed E-state index contributed by atoms with van der Waals surface area (Å²) in [5, 5.41) is 52.9. The first kappa shape index (κ1) is 58.2. The molecule has 0 saturated carbocycles. The number of hydrogen-bond acceptors (Lipinski definition) is 16. The number of halogens is 1. The number of aromatic nitrogens is 1. The lowest BCUT2D eigenvalue weighted by Gasteiger charge is -2.42. The van der Waals surface area contributed by atoms with Crippen LogP contribution in [0, 0.1) is 0 Å². The van der Waals surface area contributed by atoms with E-state index in [0.29, 0.717) is 66.7 Å². The lowest BCUT2D eigenvalue weighted by atomic mass is 9.71. The van der Waals surface area contributed by atoms with Crippen molar-refractivity contribution in [1.29, 1.82) is 0 Å². The Balaban J connectivity index is 0.986. The summed E-state index contributed by atoms with van der Waals surface area (Å²) in [5.41, 5.74) is 10.9. The zero-order valence-electron chi connectivity index (χ0n) is 42.8. The second kappa shape index (κ2) is 27.6. The van der Waals surface area contributed by atoms with E-state index in [-0.39, 0.29) is 62.7 Å². The SMILES string of the molecule is CO[C@H]1C(=O)OCc2c1cc(C1=C(C)C3=C4C(=C(C)C(F)=CC4N1)CC[C@@H]3NC(=O)CCCNC(=O)CNC(O)C(Cc1ccccc1)NC(=O)CNC(O)CNC(=O)[C@H](CC(=O)O)NC(=O)CCCCCN)[nH]c2=O. The maximum Gasteiger partial charge on any atom is 0.340 e. The molecule has 14 N–H and O–H groups in total. The van der Waals surface area contributed by atoms with Crippen LogP contribution in [0.2, 0.25) is 0 Å². The van der Waals surface area contributed by atoms with E-state index in [1.165, 1.54) is 13.2 Å². The standard InChI is InChI=1S/C52H69FN10O13/c1-27-30-15-16-34(45-28(2)47(62-35(46(30)45)21-33(27)53)36-20-31-32(49(71)63-36)26-76-52(74)48(31)75-3)59-40(65)14-10-18-55-41(66)23-57-50(72)37(19-29-11-6-4-7-12-29)61-43(68)25-56-42(67)24-58-51(73)38(22-44(69)70)60-39(64)13-8-5-9-17-54/h4,6-7,11-12,20-21,34-35,37-38,42,48,50,56-57,62,67,72H,5,8-10,13-19,22-26,54H2,1-3H3,(H,55,66)(H,58,73)(H,59,65)(H,60,64)(H,61,68)(H,63,71)(H,69,70)/t34-,35?,37?,38-,42?,48+,50?/m0/s1. The first-order valence-corrected chi connectivity index (χ1v) is 25.4. The lowest BCUT2D eigenvalue weighted by molar-refractivity contribution is -0.159. The third-order valence-electron chi connectivity index (χ3n) is 13.5. The molecule has 1 aromatic heterocycles. The van der Waals surface area contributed by atoms with Crippen LogP contribution in [-0.2, 0) is 56.1 Å². The van der Waals surface area contributed by atoms with Gasteiger partial charge in [0.25, 0.3) is 5.56 Å². The number of benzene rings is 1. The minimum absolute atomic E-state index is 0.0374. The van der Waals surface area contributed by atoms with E-state index in [1.54, 1.807) is 43.3 Å². The molecule has 0 radical (unpaired) electrons. The van der Waals surface area contributed by atoms with Crippen molar-refractivity contribution in [2.45, 2.75) is 127 Å². The van der Waals surface area contributed by atoms with Crippen LogP contribution in [0.4, 0.5) is 4.39 Å². The number of carboxylic acids is 1. The van der Waals surface area contributed by atoms with Gasteiger partial charge in [-0.1, -0.05) is 36.8 Å². The summed E-state index contributed by atoms with van der Waals surface area (Å²) in [6.45, 7) is 2.66. The van der Waals surface area contributed by atoms with Gasteiger partial charge in [-0.25, -0.2) is 9.18 Å². The zero-order chi connectivity index (χ0) is 55.1. The molecule has 76 heavy (non-hydrogen) atoms. The molecule has 412 valence electrons. The van der Waals surface area contributed by atoms with Crippen molar-refractivity contribution in [2.24, 2.45) is 5.73 Å². The van der Waals surface area contributed by atoms with E-state index in [1.807, 2.05) is 6.92 Å². The average molecular weight is 1060 g/mol. The fourth-order valence-corrected chi connectivity index (χ4v) is 9.63. The minimum atomic E-state index is -1.47. The Kier molecular flexibility index (Phi) is 21.1. The van der Waals surface area contributed by atoms with Crippen molar-refractivity contribution >= 4 is 47.2 Å². The number of allylic oxidation sites excluding steroid dienone is 2. The molecular formula is C52H69FN10O13. The monoisotopic (exact) mass is 1060 g/mol. The van der Waals surface area contributed by atoms with Crippen molar-refractivity contribution in [3.05, 3.63) is 109 Å². The first-order valence-electron chi connectivity index (χ1n) is 25.4. The van der Waals surface area contributed by atoms with Gasteiger partial charge in [-0.3, -0.25) is 44.2 Å². The molecule has 7 atom stereocenters. The minimum Gasteiger partial charge on any atom is -0.481 e. The van der Waals surface area contributed by atoms with E-state index < -0.39 is 103 Å². The highest BCUT2D eigenvalue weighted by Gasteiger charge is 2.40. The number of methoxy groups -OCH3 is 1. The van der Waals surface area contributed by atoms with Crippen molar-refractivity contribution in [2.75, 3.05) is 39.8 Å². The molecule has 3 heterocycles. The van der Waals surface area contributed by atoms with Crippen LogP contribution in [0.5, 0.6) is 0 Å². The molecule has 4 unspecified atom stereocenters. The van der Waals surface area contributed by atoms with Gasteiger partial charge in [0.05, 0.1) is 61.1 Å². The number of ether oxygens (including phenoxy) is 2.